The molecule has 0 aliphatic rings. The topological polar surface area (TPSA) is 0 Å². The van der Waals surface area contributed by atoms with Gasteiger partial charge in [0.1, 0.15) is 0 Å². The molecule has 2 aromatic rings. The van der Waals surface area contributed by atoms with Gasteiger partial charge in [-0.1, -0.05) is 23.7 Å². The smallest absolute Gasteiger partial charge is 0.160 e. The van der Waals surface area contributed by atoms with Gasteiger partial charge in [0, 0.05) is 9.92 Å². The molecule has 0 aliphatic heterocycles. The number of rotatable bonds is 3. The van der Waals surface area contributed by atoms with Crippen LogP contribution >= 0.6 is 35.0 Å². The van der Waals surface area contributed by atoms with Crippen LogP contribution in [-0.2, 0) is 0 Å². The standard InChI is InChI=1S/C14H10Cl2F2S/c1-19-9-4-2-8(3-5-9)14(16)10-6-12(17)13(18)7-11(10)15/h2-7,14H,1H3. The van der Waals surface area contributed by atoms with Crippen molar-refractivity contribution in [2.24, 2.45) is 0 Å². The molecule has 0 aromatic heterocycles. The van der Waals surface area contributed by atoms with E-state index in [0.717, 1.165) is 22.6 Å². The van der Waals surface area contributed by atoms with Crippen LogP contribution in [0.2, 0.25) is 5.02 Å². The average molecular weight is 319 g/mol. The van der Waals surface area contributed by atoms with Crippen LogP contribution in [-0.4, -0.2) is 6.26 Å². The van der Waals surface area contributed by atoms with Gasteiger partial charge in [-0.15, -0.1) is 23.4 Å². The minimum atomic E-state index is -0.977. The molecule has 100 valence electrons. The molecule has 0 amide bonds. The summed E-state index contributed by atoms with van der Waals surface area (Å²) in [7, 11) is 0. The van der Waals surface area contributed by atoms with Crippen LogP contribution in [0.25, 0.3) is 0 Å². The number of thioether (sulfide) groups is 1. The molecule has 0 aliphatic carbocycles. The highest BCUT2D eigenvalue weighted by Gasteiger charge is 2.17. The number of alkyl halides is 1. The monoisotopic (exact) mass is 318 g/mol. The lowest BCUT2D eigenvalue weighted by Gasteiger charge is -2.13. The summed E-state index contributed by atoms with van der Waals surface area (Å²) in [5.41, 5.74) is 1.14. The zero-order valence-electron chi connectivity index (χ0n) is 9.96. The van der Waals surface area contributed by atoms with Crippen LogP contribution in [0.1, 0.15) is 16.5 Å². The molecule has 0 saturated carbocycles. The first-order chi connectivity index (χ1) is 9.02. The summed E-state index contributed by atoms with van der Waals surface area (Å²) >= 11 is 13.8. The summed E-state index contributed by atoms with van der Waals surface area (Å²) in [6, 6.07) is 9.52. The molecule has 0 heterocycles. The average Bonchev–Trinajstić information content (AvgIpc) is 2.42. The van der Waals surface area contributed by atoms with E-state index >= 15 is 0 Å². The third-order valence-electron chi connectivity index (χ3n) is 2.72. The number of hydrogen-bond acceptors (Lipinski definition) is 1. The Morgan fingerprint density at radius 1 is 1.05 bits per heavy atom. The quantitative estimate of drug-likeness (QED) is 0.399. The molecule has 0 saturated heterocycles. The van der Waals surface area contributed by atoms with Crippen molar-refractivity contribution in [2.45, 2.75) is 10.3 Å². The van der Waals surface area contributed by atoms with E-state index in [0.29, 0.717) is 5.56 Å². The Morgan fingerprint density at radius 3 is 2.21 bits per heavy atom. The van der Waals surface area contributed by atoms with Crippen LogP contribution in [0.5, 0.6) is 0 Å². The van der Waals surface area contributed by atoms with Crippen molar-refractivity contribution in [1.82, 2.24) is 0 Å². The largest absolute Gasteiger partial charge is 0.204 e. The Morgan fingerprint density at radius 2 is 1.63 bits per heavy atom. The first kappa shape index (κ1) is 14.6. The van der Waals surface area contributed by atoms with E-state index in [4.69, 9.17) is 23.2 Å². The maximum absolute atomic E-state index is 13.3. The Hall–Kier alpha value is -0.770. The lowest BCUT2D eigenvalue weighted by atomic mass is 10.0. The van der Waals surface area contributed by atoms with Gasteiger partial charge in [-0.05, 0) is 41.6 Å². The van der Waals surface area contributed by atoms with Gasteiger partial charge in [-0.25, -0.2) is 8.78 Å². The second-order valence-electron chi connectivity index (χ2n) is 3.92. The summed E-state index contributed by atoms with van der Waals surface area (Å²) in [5.74, 6) is -1.93. The Labute approximate surface area is 124 Å². The zero-order valence-corrected chi connectivity index (χ0v) is 12.3. The molecular weight excluding hydrogens is 309 g/mol. The van der Waals surface area contributed by atoms with Crippen LogP contribution in [0, 0.1) is 11.6 Å². The van der Waals surface area contributed by atoms with Crippen LogP contribution < -0.4 is 0 Å². The van der Waals surface area contributed by atoms with Gasteiger partial charge in [-0.2, -0.15) is 0 Å². The summed E-state index contributed by atoms with van der Waals surface area (Å²) < 4.78 is 26.3. The Bertz CT molecular complexity index is 585. The lowest BCUT2D eigenvalue weighted by molar-refractivity contribution is 0.507. The molecule has 2 aromatic carbocycles. The first-order valence-corrected chi connectivity index (χ1v) is 7.49. The van der Waals surface area contributed by atoms with Crippen molar-refractivity contribution in [3.8, 4) is 0 Å². The molecule has 1 unspecified atom stereocenters. The van der Waals surface area contributed by atoms with Crippen molar-refractivity contribution < 1.29 is 8.78 Å². The molecule has 0 N–H and O–H groups in total. The van der Waals surface area contributed by atoms with E-state index < -0.39 is 17.0 Å². The summed E-state index contributed by atoms with van der Waals surface area (Å²) in [6.07, 6.45) is 1.97. The van der Waals surface area contributed by atoms with E-state index in [2.05, 4.69) is 0 Å². The Balaban J connectivity index is 2.37. The molecule has 5 heteroatoms. The highest BCUT2D eigenvalue weighted by Crippen LogP contribution is 2.35. The minimum absolute atomic E-state index is 0.118. The third kappa shape index (κ3) is 3.22. The SMILES string of the molecule is CSc1ccc(C(Cl)c2cc(F)c(F)cc2Cl)cc1. The van der Waals surface area contributed by atoms with Gasteiger partial charge in [0.2, 0.25) is 0 Å². The van der Waals surface area contributed by atoms with Gasteiger partial charge >= 0.3 is 0 Å². The highest BCUT2D eigenvalue weighted by molar-refractivity contribution is 7.98. The number of halogens is 4. The molecule has 19 heavy (non-hydrogen) atoms. The van der Waals surface area contributed by atoms with Crippen molar-refractivity contribution >= 4 is 35.0 Å². The molecule has 0 radical (unpaired) electrons. The van der Waals surface area contributed by atoms with Gasteiger partial charge in [0.25, 0.3) is 0 Å². The van der Waals surface area contributed by atoms with Gasteiger partial charge in [0.05, 0.1) is 5.38 Å². The summed E-state index contributed by atoms with van der Waals surface area (Å²) in [5, 5.41) is -0.494. The highest BCUT2D eigenvalue weighted by atomic mass is 35.5. The number of benzene rings is 2. The molecule has 0 fully saturated rings. The predicted octanol–water partition coefficient (Wildman–Crippen LogP) is 5.67. The first-order valence-electron chi connectivity index (χ1n) is 5.45. The molecule has 0 bridgehead atoms. The predicted molar refractivity (Wildman–Crippen MR) is 77.3 cm³/mol. The van der Waals surface area contributed by atoms with Gasteiger partial charge in [-0.3, -0.25) is 0 Å². The lowest BCUT2D eigenvalue weighted by Crippen LogP contribution is -1.97. The van der Waals surface area contributed by atoms with Crippen LogP contribution in [0.15, 0.2) is 41.3 Å². The van der Waals surface area contributed by atoms with E-state index in [1.54, 1.807) is 11.8 Å². The van der Waals surface area contributed by atoms with E-state index in [1.807, 2.05) is 30.5 Å². The summed E-state index contributed by atoms with van der Waals surface area (Å²) in [6.45, 7) is 0. The van der Waals surface area contributed by atoms with Crippen LogP contribution in [0.3, 0.4) is 0 Å². The fourth-order valence-corrected chi connectivity index (χ4v) is 2.73. The number of hydrogen-bond donors (Lipinski definition) is 0. The van der Waals surface area contributed by atoms with Crippen molar-refractivity contribution in [3.63, 3.8) is 0 Å². The maximum atomic E-state index is 13.3. The van der Waals surface area contributed by atoms with Crippen molar-refractivity contribution in [3.05, 3.63) is 64.2 Å². The molecule has 0 nitrogen and oxygen atoms in total. The second-order valence-corrected chi connectivity index (χ2v) is 5.65. The normalized spacial score (nSPS) is 12.5. The van der Waals surface area contributed by atoms with E-state index in [-0.39, 0.29) is 5.02 Å². The van der Waals surface area contributed by atoms with Gasteiger partial charge < -0.3 is 0 Å². The molecule has 2 rings (SSSR count). The molecule has 1 atom stereocenters. The fourth-order valence-electron chi connectivity index (χ4n) is 1.68. The fraction of sp³-hybridized carbons (Fsp3) is 0.143. The van der Waals surface area contributed by atoms with E-state index in [1.165, 1.54) is 0 Å². The summed E-state index contributed by atoms with van der Waals surface area (Å²) in [4.78, 5) is 1.10. The molecule has 0 spiro atoms. The second kappa shape index (κ2) is 6.12. The van der Waals surface area contributed by atoms with Gasteiger partial charge in [0.15, 0.2) is 11.6 Å². The van der Waals surface area contributed by atoms with Crippen molar-refractivity contribution in [2.75, 3.05) is 6.26 Å². The minimum Gasteiger partial charge on any atom is -0.204 e. The zero-order chi connectivity index (χ0) is 14.0. The maximum Gasteiger partial charge on any atom is 0.160 e. The van der Waals surface area contributed by atoms with Crippen molar-refractivity contribution in [1.29, 1.82) is 0 Å². The molecular formula is C14H10Cl2F2S. The third-order valence-corrected chi connectivity index (χ3v) is 4.28. The van der Waals surface area contributed by atoms with E-state index in [9.17, 15) is 8.78 Å². The van der Waals surface area contributed by atoms with Crippen LogP contribution in [0.4, 0.5) is 8.78 Å². The Kier molecular flexibility index (Phi) is 4.71.